The Kier molecular flexibility index (Phi) is 5.48. The van der Waals surface area contributed by atoms with Gasteiger partial charge in [0.05, 0.1) is 6.54 Å². The molecule has 6 heteroatoms. The first-order valence-corrected chi connectivity index (χ1v) is 8.59. The van der Waals surface area contributed by atoms with Gasteiger partial charge in [0.2, 0.25) is 5.91 Å². The molecule has 2 fully saturated rings. The zero-order valence-electron chi connectivity index (χ0n) is 14.2. The molecule has 0 spiro atoms. The lowest BCUT2D eigenvalue weighted by atomic mass is 10.2. The van der Waals surface area contributed by atoms with Gasteiger partial charge in [-0.1, -0.05) is 18.2 Å². The third-order valence-corrected chi connectivity index (χ3v) is 4.77. The van der Waals surface area contributed by atoms with E-state index in [1.165, 1.54) is 0 Å². The summed E-state index contributed by atoms with van der Waals surface area (Å²) in [6, 6.07) is 9.64. The fraction of sp³-hybridized carbons (Fsp3) is 0.556. The van der Waals surface area contributed by atoms with E-state index in [0.29, 0.717) is 26.2 Å². The molecule has 2 aliphatic rings. The van der Waals surface area contributed by atoms with E-state index in [1.807, 2.05) is 35.2 Å². The van der Waals surface area contributed by atoms with Crippen molar-refractivity contribution in [3.63, 3.8) is 0 Å². The van der Waals surface area contributed by atoms with Crippen LogP contribution in [0.4, 0.5) is 5.69 Å². The molecule has 3 rings (SSSR count). The Labute approximate surface area is 143 Å². The summed E-state index contributed by atoms with van der Waals surface area (Å²) in [6.07, 6.45) is 1.55. The van der Waals surface area contributed by atoms with E-state index in [1.54, 1.807) is 11.9 Å². The molecule has 0 saturated carbocycles. The maximum absolute atomic E-state index is 12.4. The molecule has 0 radical (unpaired) electrons. The van der Waals surface area contributed by atoms with Crippen LogP contribution < -0.4 is 4.90 Å². The Morgan fingerprint density at radius 1 is 1.17 bits per heavy atom. The highest BCUT2D eigenvalue weighted by Crippen LogP contribution is 2.16. The predicted octanol–water partition coefficient (Wildman–Crippen LogP) is 0.973. The summed E-state index contributed by atoms with van der Waals surface area (Å²) in [6.45, 7) is 3.87. The van der Waals surface area contributed by atoms with Crippen LogP contribution in [0.25, 0.3) is 0 Å². The van der Waals surface area contributed by atoms with Gasteiger partial charge in [-0.3, -0.25) is 14.5 Å². The average Bonchev–Trinajstić information content (AvgIpc) is 3.16. The van der Waals surface area contributed by atoms with E-state index in [4.69, 9.17) is 4.74 Å². The minimum Gasteiger partial charge on any atom is -0.368 e. The molecule has 130 valence electrons. The van der Waals surface area contributed by atoms with Crippen LogP contribution in [0.1, 0.15) is 12.8 Å². The number of para-hydroxylation sites is 1. The number of carbonyl (C=O) groups excluding carboxylic acids is 2. The summed E-state index contributed by atoms with van der Waals surface area (Å²) < 4.78 is 5.47. The fourth-order valence-electron chi connectivity index (χ4n) is 3.20. The zero-order valence-corrected chi connectivity index (χ0v) is 14.2. The van der Waals surface area contributed by atoms with Crippen LogP contribution in [0.5, 0.6) is 0 Å². The lowest BCUT2D eigenvalue weighted by molar-refractivity contribution is -0.142. The monoisotopic (exact) mass is 331 g/mol. The highest BCUT2D eigenvalue weighted by Gasteiger charge is 2.30. The van der Waals surface area contributed by atoms with Crippen molar-refractivity contribution in [3.05, 3.63) is 30.3 Å². The molecule has 6 nitrogen and oxygen atoms in total. The van der Waals surface area contributed by atoms with E-state index >= 15 is 0 Å². The molecular formula is C18H25N3O3. The van der Waals surface area contributed by atoms with Crippen molar-refractivity contribution in [2.45, 2.75) is 18.9 Å². The second-order valence-corrected chi connectivity index (χ2v) is 6.39. The van der Waals surface area contributed by atoms with Crippen LogP contribution in [-0.2, 0) is 14.3 Å². The summed E-state index contributed by atoms with van der Waals surface area (Å²) in [4.78, 5) is 30.4. The van der Waals surface area contributed by atoms with Crippen LogP contribution >= 0.6 is 0 Å². The molecule has 2 heterocycles. The molecular weight excluding hydrogens is 306 g/mol. The minimum atomic E-state index is -0.248. The summed E-state index contributed by atoms with van der Waals surface area (Å²) in [5.74, 6) is 0.181. The Morgan fingerprint density at radius 3 is 2.50 bits per heavy atom. The van der Waals surface area contributed by atoms with Crippen molar-refractivity contribution in [1.29, 1.82) is 0 Å². The molecule has 1 aromatic carbocycles. The summed E-state index contributed by atoms with van der Waals surface area (Å²) >= 11 is 0. The molecule has 0 N–H and O–H groups in total. The largest absolute Gasteiger partial charge is 0.368 e. The van der Waals surface area contributed by atoms with Crippen LogP contribution in [0.15, 0.2) is 30.3 Å². The number of rotatable bonds is 4. The second kappa shape index (κ2) is 7.77. The van der Waals surface area contributed by atoms with Crippen LogP contribution in [0.3, 0.4) is 0 Å². The van der Waals surface area contributed by atoms with E-state index < -0.39 is 0 Å². The summed E-state index contributed by atoms with van der Waals surface area (Å²) in [7, 11) is 1.80. The van der Waals surface area contributed by atoms with Crippen LogP contribution in [0.2, 0.25) is 0 Å². The standard InChI is InChI=1S/C18H25N3O3/c1-19(15-6-3-2-4-7-15)17(22)14-20-9-11-21(12-10-20)18(23)16-8-5-13-24-16/h2-4,6-7,16H,5,8-14H2,1H3. The van der Waals surface area contributed by atoms with Crippen molar-refractivity contribution < 1.29 is 14.3 Å². The normalized spacial score (nSPS) is 21.7. The number of likely N-dealkylation sites (N-methyl/N-ethyl adjacent to an activating group) is 1. The highest BCUT2D eigenvalue weighted by molar-refractivity contribution is 5.94. The summed E-state index contributed by atoms with van der Waals surface area (Å²) in [5.41, 5.74) is 0.898. The third-order valence-electron chi connectivity index (χ3n) is 4.77. The maximum Gasteiger partial charge on any atom is 0.251 e. The Morgan fingerprint density at radius 2 is 1.88 bits per heavy atom. The molecule has 1 aromatic rings. The number of hydrogen-bond donors (Lipinski definition) is 0. The molecule has 0 aromatic heterocycles. The Hall–Kier alpha value is -1.92. The zero-order chi connectivity index (χ0) is 16.9. The van der Waals surface area contributed by atoms with E-state index in [2.05, 4.69) is 4.90 Å². The van der Waals surface area contributed by atoms with Crippen molar-refractivity contribution in [3.8, 4) is 0 Å². The topological polar surface area (TPSA) is 53.1 Å². The molecule has 2 aliphatic heterocycles. The van der Waals surface area contributed by atoms with Gasteiger partial charge in [-0.15, -0.1) is 0 Å². The lowest BCUT2D eigenvalue weighted by Crippen LogP contribution is -2.53. The smallest absolute Gasteiger partial charge is 0.251 e. The van der Waals surface area contributed by atoms with Gasteiger partial charge >= 0.3 is 0 Å². The van der Waals surface area contributed by atoms with Crippen molar-refractivity contribution in [2.75, 3.05) is 51.3 Å². The maximum atomic E-state index is 12.4. The molecule has 0 bridgehead atoms. The van der Waals surface area contributed by atoms with E-state index in [-0.39, 0.29) is 17.9 Å². The number of anilines is 1. The average molecular weight is 331 g/mol. The van der Waals surface area contributed by atoms with Crippen molar-refractivity contribution >= 4 is 17.5 Å². The molecule has 0 aliphatic carbocycles. The fourth-order valence-corrected chi connectivity index (χ4v) is 3.20. The number of hydrogen-bond acceptors (Lipinski definition) is 4. The van der Waals surface area contributed by atoms with Gasteiger partial charge in [-0.05, 0) is 25.0 Å². The van der Waals surface area contributed by atoms with Gasteiger partial charge in [-0.25, -0.2) is 0 Å². The quantitative estimate of drug-likeness (QED) is 0.825. The number of piperazine rings is 1. The van der Waals surface area contributed by atoms with Gasteiger partial charge in [0.1, 0.15) is 6.10 Å². The third kappa shape index (κ3) is 3.94. The van der Waals surface area contributed by atoms with Gasteiger partial charge in [0.15, 0.2) is 0 Å². The highest BCUT2D eigenvalue weighted by atomic mass is 16.5. The molecule has 24 heavy (non-hydrogen) atoms. The first-order valence-electron chi connectivity index (χ1n) is 8.59. The first-order chi connectivity index (χ1) is 11.6. The van der Waals surface area contributed by atoms with E-state index in [0.717, 1.165) is 31.6 Å². The lowest BCUT2D eigenvalue weighted by Gasteiger charge is -2.36. The molecule has 2 amide bonds. The Bertz CT molecular complexity index is 564. The van der Waals surface area contributed by atoms with Crippen LogP contribution in [0, 0.1) is 0 Å². The number of ether oxygens (including phenoxy) is 1. The van der Waals surface area contributed by atoms with Crippen molar-refractivity contribution in [1.82, 2.24) is 9.80 Å². The minimum absolute atomic E-state index is 0.0695. The number of carbonyl (C=O) groups is 2. The summed E-state index contributed by atoms with van der Waals surface area (Å²) in [5, 5.41) is 0. The van der Waals surface area contributed by atoms with Gasteiger partial charge in [-0.2, -0.15) is 0 Å². The SMILES string of the molecule is CN(C(=O)CN1CCN(C(=O)C2CCCO2)CC1)c1ccccc1. The first kappa shape index (κ1) is 16.9. The Balaban J connectivity index is 1.46. The number of amides is 2. The molecule has 2 saturated heterocycles. The van der Waals surface area contributed by atoms with Gasteiger partial charge < -0.3 is 14.5 Å². The molecule has 1 unspecified atom stereocenters. The molecule has 1 atom stereocenters. The van der Waals surface area contributed by atoms with Gasteiger partial charge in [0, 0.05) is 45.5 Å². The van der Waals surface area contributed by atoms with Crippen molar-refractivity contribution in [2.24, 2.45) is 0 Å². The van der Waals surface area contributed by atoms with Gasteiger partial charge in [0.25, 0.3) is 5.91 Å². The predicted molar refractivity (Wildman–Crippen MR) is 91.8 cm³/mol. The second-order valence-electron chi connectivity index (χ2n) is 6.39. The number of benzene rings is 1. The van der Waals surface area contributed by atoms with E-state index in [9.17, 15) is 9.59 Å². The number of nitrogens with zero attached hydrogens (tertiary/aromatic N) is 3. The van der Waals surface area contributed by atoms with Crippen LogP contribution in [-0.4, -0.2) is 74.1 Å².